The number of Topliss-reactive ketones (excluding diaryl/α,β-unsaturated/α-hetero) is 2. The van der Waals surface area contributed by atoms with Gasteiger partial charge in [0.05, 0.1) is 23.6 Å². The zero-order valence-electron chi connectivity index (χ0n) is 24.2. The number of nitrogens with zero attached hydrogens (tertiary/aromatic N) is 1. The van der Waals surface area contributed by atoms with E-state index < -0.39 is 75.6 Å². The predicted molar refractivity (Wildman–Crippen MR) is 161 cm³/mol. The van der Waals surface area contributed by atoms with E-state index in [0.717, 1.165) is 5.56 Å². The van der Waals surface area contributed by atoms with Gasteiger partial charge in [-0.1, -0.05) is 67.6 Å². The minimum absolute atomic E-state index is 0.0544. The first kappa shape index (κ1) is 29.3. The van der Waals surface area contributed by atoms with Crippen LogP contribution in [0.15, 0.2) is 83.6 Å². The second-order valence-corrected chi connectivity index (χ2v) is 11.9. The fraction of sp³-hybridized carbons (Fsp3) is 0.265. The average molecular weight is 597 g/mol. The SMILES string of the molecule is C[C@H]1c2c(-c3ccccc3)cc(-c3ccccc3)c(O)c2C(O)=C2C(=O)[C@]3(O)C(O)=C(C(N)=O)C(=O)[C@@H](N(C)C)[C@@H]3[C@@H](O)[C@@H]21. The first-order valence-electron chi connectivity index (χ1n) is 14.2. The standard InChI is InChI=1S/C34H32N2O8/c1-15-20-18(16-10-6-4-7-11-16)14-19(17-12-8-5-9-13-17)27(37)22(20)28(38)23-21(15)29(39)25-26(36(2)3)30(40)24(33(35)43)32(42)34(25,44)31(23)41/h4-15,21,25-26,29,37-39,42,44H,1-3H3,(H2,35,43)/t15-,21+,25+,26-,29-,34-/m0/s1. The number of carbonyl (C=O) groups excluding carboxylic acids is 3. The minimum Gasteiger partial charge on any atom is -0.508 e. The van der Waals surface area contributed by atoms with Gasteiger partial charge in [-0.15, -0.1) is 0 Å². The number of primary amides is 1. The molecule has 3 aliphatic carbocycles. The van der Waals surface area contributed by atoms with Crippen LogP contribution in [-0.2, 0) is 14.4 Å². The molecule has 10 heteroatoms. The summed E-state index contributed by atoms with van der Waals surface area (Å²) in [6, 6.07) is 18.6. The first-order valence-corrected chi connectivity index (χ1v) is 14.2. The van der Waals surface area contributed by atoms with E-state index in [-0.39, 0.29) is 11.3 Å². The third-order valence-corrected chi connectivity index (χ3v) is 9.39. The molecule has 0 bridgehead atoms. The van der Waals surface area contributed by atoms with Gasteiger partial charge in [0, 0.05) is 17.1 Å². The highest BCUT2D eigenvalue weighted by Gasteiger charge is 2.68. The quantitative estimate of drug-likeness (QED) is 0.247. The van der Waals surface area contributed by atoms with Crippen molar-refractivity contribution < 1.29 is 39.9 Å². The van der Waals surface area contributed by atoms with Gasteiger partial charge in [0.2, 0.25) is 5.78 Å². The normalized spacial score (nSPS) is 28.1. The first-order chi connectivity index (χ1) is 20.8. The average Bonchev–Trinajstić information content (AvgIpc) is 2.99. The molecule has 0 radical (unpaired) electrons. The number of aliphatic hydroxyl groups excluding tert-OH is 3. The molecule has 0 aliphatic heterocycles. The fourth-order valence-electron chi connectivity index (χ4n) is 7.46. The molecule has 3 aromatic rings. The molecule has 1 saturated carbocycles. The zero-order valence-corrected chi connectivity index (χ0v) is 24.2. The summed E-state index contributed by atoms with van der Waals surface area (Å²) < 4.78 is 0. The summed E-state index contributed by atoms with van der Waals surface area (Å²) in [5.41, 5.74) is 3.85. The lowest BCUT2D eigenvalue weighted by Gasteiger charge is -2.54. The number of likely N-dealkylation sites (N-methyl/N-ethyl adjacent to an activating group) is 1. The summed E-state index contributed by atoms with van der Waals surface area (Å²) >= 11 is 0. The van der Waals surface area contributed by atoms with Crippen molar-refractivity contribution in [3.05, 3.63) is 94.8 Å². The third kappa shape index (κ3) is 3.81. The van der Waals surface area contributed by atoms with Crippen LogP contribution in [-0.4, -0.2) is 79.7 Å². The molecule has 1 fully saturated rings. The Labute approximate surface area is 253 Å². The van der Waals surface area contributed by atoms with Crippen molar-refractivity contribution in [3.63, 3.8) is 0 Å². The van der Waals surface area contributed by atoms with E-state index in [9.17, 15) is 39.9 Å². The van der Waals surface area contributed by atoms with Crippen LogP contribution in [0.1, 0.15) is 24.0 Å². The number of aliphatic hydroxyl groups is 4. The van der Waals surface area contributed by atoms with Crippen LogP contribution in [0.4, 0.5) is 0 Å². The summed E-state index contributed by atoms with van der Waals surface area (Å²) in [4.78, 5) is 41.4. The summed E-state index contributed by atoms with van der Waals surface area (Å²) in [7, 11) is 2.94. The number of amides is 1. The molecule has 44 heavy (non-hydrogen) atoms. The van der Waals surface area contributed by atoms with Gasteiger partial charge in [0.15, 0.2) is 11.4 Å². The summed E-state index contributed by atoms with van der Waals surface area (Å²) in [6.45, 7) is 1.73. The summed E-state index contributed by atoms with van der Waals surface area (Å²) in [5, 5.41) is 58.7. The van der Waals surface area contributed by atoms with Gasteiger partial charge in [-0.2, -0.15) is 0 Å². The highest BCUT2D eigenvalue weighted by Crippen LogP contribution is 2.58. The van der Waals surface area contributed by atoms with Crippen LogP contribution in [0.2, 0.25) is 0 Å². The van der Waals surface area contributed by atoms with Crippen molar-refractivity contribution in [3.8, 4) is 28.0 Å². The molecule has 0 saturated heterocycles. The molecule has 6 atom stereocenters. The zero-order chi connectivity index (χ0) is 31.8. The topological polar surface area (TPSA) is 182 Å². The molecule has 1 amide bonds. The Kier molecular flexibility index (Phi) is 6.77. The number of hydrogen-bond donors (Lipinski definition) is 6. The minimum atomic E-state index is -2.97. The van der Waals surface area contributed by atoms with Crippen LogP contribution in [0, 0.1) is 11.8 Å². The second kappa shape index (κ2) is 10.2. The van der Waals surface area contributed by atoms with E-state index in [0.29, 0.717) is 22.3 Å². The van der Waals surface area contributed by atoms with Crippen molar-refractivity contribution in [1.82, 2.24) is 4.90 Å². The number of ketones is 2. The van der Waals surface area contributed by atoms with Crippen molar-refractivity contribution in [2.24, 2.45) is 17.6 Å². The fourth-order valence-corrected chi connectivity index (χ4v) is 7.46. The van der Waals surface area contributed by atoms with Gasteiger partial charge in [-0.3, -0.25) is 19.3 Å². The van der Waals surface area contributed by atoms with Crippen molar-refractivity contribution in [2.75, 3.05) is 14.1 Å². The molecular formula is C34H32N2O8. The Balaban J connectivity index is 1.69. The maximum absolute atomic E-state index is 14.4. The van der Waals surface area contributed by atoms with Crippen molar-refractivity contribution in [2.45, 2.75) is 30.6 Å². The molecule has 7 N–H and O–H groups in total. The van der Waals surface area contributed by atoms with Gasteiger partial charge >= 0.3 is 0 Å². The van der Waals surface area contributed by atoms with Crippen LogP contribution < -0.4 is 5.73 Å². The Morgan fingerprint density at radius 1 is 0.909 bits per heavy atom. The Hall–Kier alpha value is -4.77. The lowest BCUT2D eigenvalue weighted by atomic mass is 9.54. The maximum Gasteiger partial charge on any atom is 0.255 e. The molecule has 3 aliphatic rings. The van der Waals surface area contributed by atoms with E-state index in [1.165, 1.54) is 19.0 Å². The molecular weight excluding hydrogens is 564 g/mol. The molecule has 0 unspecified atom stereocenters. The van der Waals surface area contributed by atoms with E-state index in [2.05, 4.69) is 0 Å². The molecule has 6 rings (SSSR count). The third-order valence-electron chi connectivity index (χ3n) is 9.39. The number of fused-ring (bicyclic) bond motifs is 3. The largest absolute Gasteiger partial charge is 0.508 e. The van der Waals surface area contributed by atoms with Gasteiger partial charge in [-0.25, -0.2) is 0 Å². The summed E-state index contributed by atoms with van der Waals surface area (Å²) in [6.07, 6.45) is -1.68. The highest BCUT2D eigenvalue weighted by atomic mass is 16.4. The lowest BCUT2D eigenvalue weighted by Crippen LogP contribution is -2.70. The second-order valence-electron chi connectivity index (χ2n) is 11.9. The number of phenols is 1. The van der Waals surface area contributed by atoms with Crippen LogP contribution in [0.3, 0.4) is 0 Å². The number of aromatic hydroxyl groups is 1. The number of carbonyl (C=O) groups is 3. The van der Waals surface area contributed by atoms with Gasteiger partial charge in [0.1, 0.15) is 22.8 Å². The summed E-state index contributed by atoms with van der Waals surface area (Å²) in [5.74, 6) is -9.30. The Bertz CT molecular complexity index is 1800. The molecule has 226 valence electrons. The molecule has 10 nitrogen and oxygen atoms in total. The van der Waals surface area contributed by atoms with Gasteiger partial charge in [0.25, 0.3) is 5.91 Å². The van der Waals surface area contributed by atoms with Crippen LogP contribution >= 0.6 is 0 Å². The molecule has 0 spiro atoms. The van der Waals surface area contributed by atoms with Gasteiger partial charge in [-0.05, 0) is 48.3 Å². The smallest absolute Gasteiger partial charge is 0.255 e. The maximum atomic E-state index is 14.4. The number of benzene rings is 3. The lowest BCUT2D eigenvalue weighted by molar-refractivity contribution is -0.169. The van der Waals surface area contributed by atoms with E-state index in [1.54, 1.807) is 37.3 Å². The number of hydrogen-bond acceptors (Lipinski definition) is 9. The van der Waals surface area contributed by atoms with E-state index in [4.69, 9.17) is 5.73 Å². The molecule has 3 aromatic carbocycles. The van der Waals surface area contributed by atoms with Crippen molar-refractivity contribution >= 4 is 23.2 Å². The van der Waals surface area contributed by atoms with E-state index in [1.807, 2.05) is 36.4 Å². The van der Waals surface area contributed by atoms with Gasteiger partial charge < -0.3 is 31.3 Å². The van der Waals surface area contributed by atoms with Crippen LogP contribution in [0.5, 0.6) is 5.75 Å². The molecule has 0 aromatic heterocycles. The molecule has 0 heterocycles. The number of nitrogens with two attached hydrogens (primary N) is 1. The highest BCUT2D eigenvalue weighted by molar-refractivity contribution is 6.24. The number of rotatable bonds is 4. The Morgan fingerprint density at radius 2 is 1.45 bits per heavy atom. The monoisotopic (exact) mass is 596 g/mol. The Morgan fingerprint density at radius 3 is 1.98 bits per heavy atom. The predicted octanol–water partition coefficient (Wildman–Crippen LogP) is 2.83. The van der Waals surface area contributed by atoms with Crippen molar-refractivity contribution in [1.29, 1.82) is 0 Å². The van der Waals surface area contributed by atoms with E-state index >= 15 is 0 Å². The number of phenolic OH excluding ortho intramolecular Hbond substituents is 1. The van der Waals surface area contributed by atoms with Crippen LogP contribution in [0.25, 0.3) is 28.0 Å².